The lowest BCUT2D eigenvalue weighted by atomic mass is 9.96. The van der Waals surface area contributed by atoms with Gasteiger partial charge in [-0.25, -0.2) is 17.6 Å². The number of aryl methyl sites for hydroxylation is 1. The molecule has 1 fully saturated rings. The Balaban J connectivity index is 1.52. The molecule has 1 saturated heterocycles. The van der Waals surface area contributed by atoms with Gasteiger partial charge in [-0.3, -0.25) is 0 Å². The molecule has 0 unspecified atom stereocenters. The highest BCUT2D eigenvalue weighted by Gasteiger charge is 2.27. The second-order valence-electron chi connectivity index (χ2n) is 9.14. The van der Waals surface area contributed by atoms with Crippen molar-refractivity contribution in [3.8, 4) is 22.3 Å². The van der Waals surface area contributed by atoms with Crippen LogP contribution in [-0.2, 0) is 15.9 Å². The number of benzene rings is 3. The molecule has 3 aromatic rings. The Hall–Kier alpha value is -2.96. The molecule has 1 aliphatic heterocycles. The molecular formula is C30H30F4O2. The third kappa shape index (κ3) is 5.55. The minimum atomic E-state index is -1.02. The van der Waals surface area contributed by atoms with Crippen molar-refractivity contribution in [1.29, 1.82) is 0 Å². The maximum absolute atomic E-state index is 15.0. The first-order chi connectivity index (χ1) is 17.4. The Morgan fingerprint density at radius 1 is 0.806 bits per heavy atom. The van der Waals surface area contributed by atoms with Crippen LogP contribution in [0.4, 0.5) is 17.6 Å². The third-order valence-electron chi connectivity index (χ3n) is 6.55. The van der Waals surface area contributed by atoms with E-state index in [-0.39, 0.29) is 22.6 Å². The average molecular weight is 499 g/mol. The Kier molecular flexibility index (Phi) is 8.60. The average Bonchev–Trinajstić information content (AvgIpc) is 2.89. The van der Waals surface area contributed by atoms with E-state index >= 15 is 4.39 Å². The van der Waals surface area contributed by atoms with E-state index in [1.165, 1.54) is 12.1 Å². The topological polar surface area (TPSA) is 18.5 Å². The van der Waals surface area contributed by atoms with Gasteiger partial charge in [-0.1, -0.05) is 68.0 Å². The van der Waals surface area contributed by atoms with E-state index in [9.17, 15) is 13.2 Å². The minimum absolute atomic E-state index is 0.0218. The molecule has 2 nitrogen and oxygen atoms in total. The van der Waals surface area contributed by atoms with Gasteiger partial charge in [-0.05, 0) is 42.4 Å². The standard InChI is InChI=1S/C30H30F4O2/c1-3-5-6-8-22-13-14-23(27(32)26(22)31)20-9-11-21(12-10-20)24-15-16-25(29(34)28(24)33)30-35-17-19(7-4-2)18-36-30/h3,9-16,19,30H,1,4-8,17-18H2,2H3. The lowest BCUT2D eigenvalue weighted by Gasteiger charge is -2.29. The summed E-state index contributed by atoms with van der Waals surface area (Å²) in [5.41, 5.74) is 1.37. The van der Waals surface area contributed by atoms with Gasteiger partial charge in [0.2, 0.25) is 0 Å². The summed E-state index contributed by atoms with van der Waals surface area (Å²) in [6, 6.07) is 12.3. The van der Waals surface area contributed by atoms with Crippen LogP contribution in [0.25, 0.3) is 22.3 Å². The smallest absolute Gasteiger partial charge is 0.186 e. The van der Waals surface area contributed by atoms with Crippen molar-refractivity contribution in [2.45, 2.75) is 45.3 Å². The number of hydrogen-bond donors (Lipinski definition) is 0. The van der Waals surface area contributed by atoms with Crippen molar-refractivity contribution in [1.82, 2.24) is 0 Å². The van der Waals surface area contributed by atoms with Crippen LogP contribution in [0.2, 0.25) is 0 Å². The molecule has 1 aliphatic rings. The number of halogens is 4. The lowest BCUT2D eigenvalue weighted by Crippen LogP contribution is -2.27. The molecule has 0 saturated carbocycles. The summed E-state index contributed by atoms with van der Waals surface area (Å²) < 4.78 is 70.5. The van der Waals surface area contributed by atoms with Gasteiger partial charge in [0.1, 0.15) is 0 Å². The van der Waals surface area contributed by atoms with Gasteiger partial charge in [-0.2, -0.15) is 0 Å². The van der Waals surface area contributed by atoms with Crippen LogP contribution in [-0.4, -0.2) is 13.2 Å². The highest BCUT2D eigenvalue weighted by molar-refractivity contribution is 5.71. The van der Waals surface area contributed by atoms with Crippen LogP contribution in [0.3, 0.4) is 0 Å². The van der Waals surface area contributed by atoms with Crippen molar-refractivity contribution < 1.29 is 27.0 Å². The first kappa shape index (κ1) is 26.1. The monoisotopic (exact) mass is 498 g/mol. The van der Waals surface area contributed by atoms with Crippen LogP contribution in [0, 0.1) is 29.2 Å². The molecule has 0 bridgehead atoms. The lowest BCUT2D eigenvalue weighted by molar-refractivity contribution is -0.207. The number of ether oxygens (including phenoxy) is 2. The second kappa shape index (κ2) is 11.8. The zero-order valence-electron chi connectivity index (χ0n) is 20.3. The molecule has 0 aromatic heterocycles. The Labute approximate surface area is 209 Å². The number of hydrogen-bond acceptors (Lipinski definition) is 2. The molecule has 4 rings (SSSR count). The maximum Gasteiger partial charge on any atom is 0.186 e. The van der Waals surface area contributed by atoms with E-state index in [1.807, 2.05) is 0 Å². The van der Waals surface area contributed by atoms with Gasteiger partial charge in [-0.15, -0.1) is 6.58 Å². The normalized spacial score (nSPS) is 17.8. The molecular weight excluding hydrogens is 468 g/mol. The molecule has 190 valence electrons. The van der Waals surface area contributed by atoms with E-state index in [0.29, 0.717) is 42.7 Å². The van der Waals surface area contributed by atoms with E-state index in [4.69, 9.17) is 9.47 Å². The predicted octanol–water partition coefficient (Wildman–Crippen LogP) is 8.55. The molecule has 0 atom stereocenters. The molecule has 1 heterocycles. The molecule has 3 aromatic carbocycles. The molecule has 0 spiro atoms. The minimum Gasteiger partial charge on any atom is -0.348 e. The van der Waals surface area contributed by atoms with Crippen LogP contribution in [0.1, 0.15) is 50.0 Å². The second-order valence-corrected chi connectivity index (χ2v) is 9.14. The largest absolute Gasteiger partial charge is 0.348 e. The van der Waals surface area contributed by atoms with E-state index in [2.05, 4.69) is 13.5 Å². The van der Waals surface area contributed by atoms with Crippen molar-refractivity contribution in [2.24, 2.45) is 5.92 Å². The van der Waals surface area contributed by atoms with Gasteiger partial charge >= 0.3 is 0 Å². The fourth-order valence-corrected chi connectivity index (χ4v) is 4.54. The molecule has 0 amide bonds. The first-order valence-corrected chi connectivity index (χ1v) is 12.3. The van der Waals surface area contributed by atoms with Gasteiger partial charge in [0.05, 0.1) is 13.2 Å². The summed E-state index contributed by atoms with van der Waals surface area (Å²) in [4.78, 5) is 0. The summed E-state index contributed by atoms with van der Waals surface area (Å²) in [6.07, 6.45) is 4.59. The number of rotatable bonds is 9. The van der Waals surface area contributed by atoms with Crippen molar-refractivity contribution in [3.05, 3.63) is 95.6 Å². The summed E-state index contributed by atoms with van der Waals surface area (Å²) in [7, 11) is 0. The van der Waals surface area contributed by atoms with E-state index < -0.39 is 29.6 Å². The van der Waals surface area contributed by atoms with Crippen LogP contribution >= 0.6 is 0 Å². The van der Waals surface area contributed by atoms with E-state index in [1.54, 1.807) is 42.5 Å². The predicted molar refractivity (Wildman–Crippen MR) is 133 cm³/mol. The Bertz CT molecular complexity index is 1200. The van der Waals surface area contributed by atoms with Crippen LogP contribution < -0.4 is 0 Å². The van der Waals surface area contributed by atoms with Gasteiger partial charge < -0.3 is 9.47 Å². The molecule has 36 heavy (non-hydrogen) atoms. The number of allylic oxidation sites excluding steroid dienone is 1. The van der Waals surface area contributed by atoms with Crippen LogP contribution in [0.15, 0.2) is 61.2 Å². The SMILES string of the molecule is C=CCCCc1ccc(-c2ccc(-c3ccc(C4OCC(CCC)CO4)c(F)c3F)cc2)c(F)c1F. The summed E-state index contributed by atoms with van der Waals surface area (Å²) >= 11 is 0. The molecule has 0 radical (unpaired) electrons. The molecule has 0 N–H and O–H groups in total. The molecule has 6 heteroatoms. The summed E-state index contributed by atoms with van der Waals surface area (Å²) in [5, 5.41) is 0. The first-order valence-electron chi connectivity index (χ1n) is 12.3. The maximum atomic E-state index is 15.0. The van der Waals surface area contributed by atoms with Crippen LogP contribution in [0.5, 0.6) is 0 Å². The molecule has 0 aliphatic carbocycles. The van der Waals surface area contributed by atoms with Crippen molar-refractivity contribution in [2.75, 3.05) is 13.2 Å². The zero-order chi connectivity index (χ0) is 25.7. The quantitative estimate of drug-likeness (QED) is 0.167. The van der Waals surface area contributed by atoms with Gasteiger partial charge in [0.25, 0.3) is 0 Å². The highest BCUT2D eigenvalue weighted by atomic mass is 19.2. The highest BCUT2D eigenvalue weighted by Crippen LogP contribution is 2.35. The van der Waals surface area contributed by atoms with Gasteiger partial charge in [0, 0.05) is 22.6 Å². The number of unbranched alkanes of at least 4 members (excludes halogenated alkanes) is 1. The fourth-order valence-electron chi connectivity index (χ4n) is 4.54. The van der Waals surface area contributed by atoms with E-state index in [0.717, 1.165) is 19.3 Å². The van der Waals surface area contributed by atoms with Crippen molar-refractivity contribution >= 4 is 0 Å². The van der Waals surface area contributed by atoms with Crippen molar-refractivity contribution in [3.63, 3.8) is 0 Å². The Morgan fingerprint density at radius 3 is 1.97 bits per heavy atom. The Morgan fingerprint density at radius 2 is 1.39 bits per heavy atom. The van der Waals surface area contributed by atoms with Gasteiger partial charge in [0.15, 0.2) is 29.6 Å². The summed E-state index contributed by atoms with van der Waals surface area (Å²) in [6.45, 7) is 6.59. The summed E-state index contributed by atoms with van der Waals surface area (Å²) in [5.74, 6) is -3.56. The fraction of sp³-hybridized carbons (Fsp3) is 0.333. The zero-order valence-corrected chi connectivity index (χ0v) is 20.3. The third-order valence-corrected chi connectivity index (χ3v) is 6.55.